The van der Waals surface area contributed by atoms with Crippen molar-refractivity contribution >= 4 is 0 Å². The van der Waals surface area contributed by atoms with E-state index in [9.17, 15) is 0 Å². The van der Waals surface area contributed by atoms with Gasteiger partial charge in [-0.15, -0.1) is 0 Å². The average molecular weight is 337 g/mol. The van der Waals surface area contributed by atoms with Crippen LogP contribution in [0.4, 0.5) is 0 Å². The van der Waals surface area contributed by atoms with Gasteiger partial charge in [0, 0.05) is 0 Å². The summed E-state index contributed by atoms with van der Waals surface area (Å²) in [6.45, 7) is 9.00. The zero-order valence-corrected chi connectivity index (χ0v) is 16.2. The number of hydrogen-bond donors (Lipinski definition) is 0. The Hall–Kier alpha value is -1.76. The van der Waals surface area contributed by atoms with Gasteiger partial charge in [-0.3, -0.25) is 0 Å². The van der Waals surface area contributed by atoms with E-state index in [-0.39, 0.29) is 0 Å². The van der Waals surface area contributed by atoms with E-state index in [2.05, 4.69) is 76.2 Å². The maximum absolute atomic E-state index is 6.32. The molecule has 1 fully saturated rings. The molecule has 1 nitrogen and oxygen atoms in total. The molecule has 0 saturated heterocycles. The lowest BCUT2D eigenvalue weighted by Gasteiger charge is -2.30. The molecule has 0 spiro atoms. The smallest absolute Gasteiger partial charge is 0.119 e. The standard InChI is InChI=1S/C24H32O/c1-17(2)19-11-13-23(14-12-19)25-24-10-6-9-22(16-24)21-8-5-7-20(15-21)18(3)4/h5,7-8,11-15,17-18,22,24H,6,9-10,16H2,1-4H3. The third kappa shape index (κ3) is 4.66. The Morgan fingerprint density at radius 3 is 2.24 bits per heavy atom. The Balaban J connectivity index is 1.66. The molecule has 0 amide bonds. The largest absolute Gasteiger partial charge is 0.490 e. The number of benzene rings is 2. The van der Waals surface area contributed by atoms with Crippen molar-refractivity contribution in [2.24, 2.45) is 0 Å². The van der Waals surface area contributed by atoms with E-state index in [1.807, 2.05) is 0 Å². The van der Waals surface area contributed by atoms with E-state index in [0.717, 1.165) is 12.2 Å². The minimum absolute atomic E-state index is 0.339. The maximum Gasteiger partial charge on any atom is 0.119 e. The van der Waals surface area contributed by atoms with Gasteiger partial charge in [0.2, 0.25) is 0 Å². The van der Waals surface area contributed by atoms with Crippen molar-refractivity contribution in [1.82, 2.24) is 0 Å². The molecular formula is C24H32O. The molecule has 2 unspecified atom stereocenters. The fraction of sp³-hybridized carbons (Fsp3) is 0.500. The predicted octanol–water partition coefficient (Wildman–Crippen LogP) is 7.04. The van der Waals surface area contributed by atoms with E-state index >= 15 is 0 Å². The summed E-state index contributed by atoms with van der Waals surface area (Å²) in [7, 11) is 0. The second-order valence-electron chi connectivity index (χ2n) is 8.15. The van der Waals surface area contributed by atoms with Crippen molar-refractivity contribution < 1.29 is 4.74 Å². The second-order valence-corrected chi connectivity index (χ2v) is 8.15. The average Bonchev–Trinajstić information content (AvgIpc) is 2.62. The summed E-state index contributed by atoms with van der Waals surface area (Å²) in [6, 6.07) is 17.9. The van der Waals surface area contributed by atoms with E-state index in [4.69, 9.17) is 4.74 Å². The number of rotatable bonds is 5. The number of ether oxygens (including phenoxy) is 1. The Morgan fingerprint density at radius 2 is 1.56 bits per heavy atom. The summed E-state index contributed by atoms with van der Waals surface area (Å²) < 4.78 is 6.32. The molecule has 25 heavy (non-hydrogen) atoms. The lowest BCUT2D eigenvalue weighted by Crippen LogP contribution is -2.24. The Labute approximate surface area is 153 Å². The third-order valence-electron chi connectivity index (χ3n) is 5.52. The van der Waals surface area contributed by atoms with E-state index in [0.29, 0.717) is 23.9 Å². The molecule has 3 rings (SSSR count). The molecule has 0 radical (unpaired) electrons. The molecule has 1 aliphatic carbocycles. The molecule has 1 heteroatoms. The quantitative estimate of drug-likeness (QED) is 0.569. The van der Waals surface area contributed by atoms with Gasteiger partial charge in [-0.1, -0.05) is 64.1 Å². The minimum atomic E-state index is 0.339. The van der Waals surface area contributed by atoms with Crippen LogP contribution >= 0.6 is 0 Å². The fourth-order valence-corrected chi connectivity index (χ4v) is 3.85. The predicted molar refractivity (Wildman–Crippen MR) is 107 cm³/mol. The SMILES string of the molecule is CC(C)c1ccc(OC2CCCC(c3cccc(C(C)C)c3)C2)cc1. The van der Waals surface area contributed by atoms with Gasteiger partial charge in [-0.25, -0.2) is 0 Å². The molecule has 1 saturated carbocycles. The fourth-order valence-electron chi connectivity index (χ4n) is 3.85. The molecule has 2 atom stereocenters. The van der Waals surface area contributed by atoms with Crippen LogP contribution < -0.4 is 4.74 Å². The summed E-state index contributed by atoms with van der Waals surface area (Å²) in [5, 5.41) is 0. The van der Waals surface area contributed by atoms with Gasteiger partial charge in [0.1, 0.15) is 5.75 Å². The molecule has 0 heterocycles. The molecule has 1 aliphatic rings. The molecule has 134 valence electrons. The van der Waals surface area contributed by atoms with Crippen LogP contribution in [0.1, 0.15) is 87.8 Å². The Bertz CT molecular complexity index is 669. The molecule has 0 N–H and O–H groups in total. The second kappa shape index (κ2) is 8.08. The molecule has 0 bridgehead atoms. The number of hydrogen-bond acceptors (Lipinski definition) is 1. The van der Waals surface area contributed by atoms with Crippen LogP contribution in [0, 0.1) is 0 Å². The van der Waals surface area contributed by atoms with Crippen molar-refractivity contribution in [2.75, 3.05) is 0 Å². The van der Waals surface area contributed by atoms with Crippen LogP contribution in [0.3, 0.4) is 0 Å². The summed E-state index contributed by atoms with van der Waals surface area (Å²) in [4.78, 5) is 0. The molecule has 0 aromatic heterocycles. The van der Waals surface area contributed by atoms with E-state index in [1.54, 1.807) is 0 Å². The van der Waals surface area contributed by atoms with Crippen LogP contribution in [0.5, 0.6) is 5.75 Å². The van der Waals surface area contributed by atoms with Crippen molar-refractivity contribution in [2.45, 2.75) is 77.2 Å². The first-order valence-electron chi connectivity index (χ1n) is 9.89. The van der Waals surface area contributed by atoms with Gasteiger partial charge in [-0.05, 0) is 72.3 Å². The summed E-state index contributed by atoms with van der Waals surface area (Å²) in [6.07, 6.45) is 5.19. The monoisotopic (exact) mass is 336 g/mol. The Kier molecular flexibility index (Phi) is 5.83. The van der Waals surface area contributed by atoms with Gasteiger partial charge < -0.3 is 4.74 Å². The Morgan fingerprint density at radius 1 is 0.840 bits per heavy atom. The van der Waals surface area contributed by atoms with Crippen LogP contribution in [0.15, 0.2) is 48.5 Å². The first kappa shape index (κ1) is 18.0. The topological polar surface area (TPSA) is 9.23 Å². The van der Waals surface area contributed by atoms with Gasteiger partial charge in [0.25, 0.3) is 0 Å². The van der Waals surface area contributed by atoms with Crippen molar-refractivity contribution in [3.63, 3.8) is 0 Å². The molecule has 2 aromatic rings. The summed E-state index contributed by atoms with van der Waals surface area (Å²) in [5.41, 5.74) is 4.32. The zero-order valence-electron chi connectivity index (χ0n) is 16.2. The maximum atomic E-state index is 6.32. The summed E-state index contributed by atoms with van der Waals surface area (Å²) in [5.74, 6) is 2.81. The third-order valence-corrected chi connectivity index (χ3v) is 5.52. The molecule has 2 aromatic carbocycles. The highest BCUT2D eigenvalue weighted by Crippen LogP contribution is 2.36. The van der Waals surface area contributed by atoms with Crippen molar-refractivity contribution in [1.29, 1.82) is 0 Å². The summed E-state index contributed by atoms with van der Waals surface area (Å²) >= 11 is 0. The van der Waals surface area contributed by atoms with Crippen molar-refractivity contribution in [3.8, 4) is 5.75 Å². The van der Waals surface area contributed by atoms with Gasteiger partial charge in [0.15, 0.2) is 0 Å². The first-order chi connectivity index (χ1) is 12.0. The molecular weight excluding hydrogens is 304 g/mol. The van der Waals surface area contributed by atoms with Crippen LogP contribution in [0.2, 0.25) is 0 Å². The zero-order chi connectivity index (χ0) is 17.8. The van der Waals surface area contributed by atoms with Gasteiger partial charge in [-0.2, -0.15) is 0 Å². The van der Waals surface area contributed by atoms with E-state index < -0.39 is 0 Å². The first-order valence-corrected chi connectivity index (χ1v) is 9.89. The van der Waals surface area contributed by atoms with Crippen LogP contribution in [-0.4, -0.2) is 6.10 Å². The highest BCUT2D eigenvalue weighted by Gasteiger charge is 2.25. The normalized spacial score (nSPS) is 20.9. The lowest BCUT2D eigenvalue weighted by molar-refractivity contribution is 0.143. The van der Waals surface area contributed by atoms with E-state index in [1.165, 1.54) is 36.0 Å². The lowest BCUT2D eigenvalue weighted by atomic mass is 9.81. The van der Waals surface area contributed by atoms with Crippen LogP contribution in [0.25, 0.3) is 0 Å². The highest BCUT2D eigenvalue weighted by molar-refractivity contribution is 5.30. The van der Waals surface area contributed by atoms with Crippen LogP contribution in [-0.2, 0) is 0 Å². The highest BCUT2D eigenvalue weighted by atomic mass is 16.5. The molecule has 0 aliphatic heterocycles. The van der Waals surface area contributed by atoms with Gasteiger partial charge >= 0.3 is 0 Å². The minimum Gasteiger partial charge on any atom is -0.490 e. The van der Waals surface area contributed by atoms with Crippen molar-refractivity contribution in [3.05, 3.63) is 65.2 Å². The van der Waals surface area contributed by atoms with Gasteiger partial charge in [0.05, 0.1) is 6.10 Å².